The number of benzene rings is 1. The van der Waals surface area contributed by atoms with Crippen LogP contribution in [0.15, 0.2) is 30.4 Å². The molecule has 0 aromatic heterocycles. The Bertz CT molecular complexity index is 495. The molecule has 4 heteroatoms. The predicted octanol–water partition coefficient (Wildman–Crippen LogP) is 1.08. The summed E-state index contributed by atoms with van der Waals surface area (Å²) in [5.41, 5.74) is -0.462. The van der Waals surface area contributed by atoms with E-state index in [1.165, 1.54) is 30.4 Å². The molecule has 0 radical (unpaired) electrons. The number of ketones is 1. The van der Waals surface area contributed by atoms with Gasteiger partial charge in [-0.15, -0.1) is 0 Å². The molecule has 0 unspecified atom stereocenters. The molecule has 0 saturated carbocycles. The van der Waals surface area contributed by atoms with Gasteiger partial charge in [0.05, 0.1) is 12.5 Å². The summed E-state index contributed by atoms with van der Waals surface area (Å²) in [5, 5.41) is 19.3. The number of allylic oxidation sites excluding steroid dienone is 1. The van der Waals surface area contributed by atoms with Gasteiger partial charge in [-0.25, -0.2) is 4.39 Å². The van der Waals surface area contributed by atoms with Crippen LogP contribution in [0.4, 0.5) is 4.39 Å². The van der Waals surface area contributed by atoms with E-state index in [0.29, 0.717) is 11.1 Å². The van der Waals surface area contributed by atoms with Gasteiger partial charge < -0.3 is 10.2 Å². The molecule has 1 aromatic rings. The Balaban J connectivity index is 2.49. The number of rotatable bonds is 2. The Morgan fingerprint density at radius 3 is 2.76 bits per heavy atom. The maximum Gasteiger partial charge on any atom is 0.166 e. The van der Waals surface area contributed by atoms with Crippen molar-refractivity contribution in [2.24, 2.45) is 0 Å². The molecule has 0 bridgehead atoms. The van der Waals surface area contributed by atoms with Crippen LogP contribution in [0.5, 0.6) is 0 Å². The summed E-state index contributed by atoms with van der Waals surface area (Å²) in [7, 11) is 0. The molecule has 1 aliphatic carbocycles. The van der Waals surface area contributed by atoms with E-state index >= 15 is 0 Å². The number of halogens is 1. The van der Waals surface area contributed by atoms with E-state index in [9.17, 15) is 19.4 Å². The van der Waals surface area contributed by atoms with Gasteiger partial charge in [-0.1, -0.05) is 6.07 Å². The SMILES string of the molecule is Cc1cc(F)ccc1[C@H]1C(=O)C=C[C@@]1(O)CO. The van der Waals surface area contributed by atoms with Crippen molar-refractivity contribution in [1.82, 2.24) is 0 Å². The highest BCUT2D eigenvalue weighted by atomic mass is 19.1. The number of aryl methyl sites for hydroxylation is 1. The number of hydrogen-bond acceptors (Lipinski definition) is 3. The first-order valence-corrected chi connectivity index (χ1v) is 5.30. The van der Waals surface area contributed by atoms with Gasteiger partial charge in [0, 0.05) is 0 Å². The zero-order chi connectivity index (χ0) is 12.6. The Hall–Kier alpha value is -1.52. The highest BCUT2D eigenvalue weighted by Crippen LogP contribution is 2.37. The molecule has 2 atom stereocenters. The van der Waals surface area contributed by atoms with Gasteiger partial charge in [-0.05, 0) is 42.3 Å². The van der Waals surface area contributed by atoms with Crippen LogP contribution in [-0.4, -0.2) is 28.2 Å². The van der Waals surface area contributed by atoms with E-state index in [0.717, 1.165) is 0 Å². The van der Waals surface area contributed by atoms with Gasteiger partial charge in [0.25, 0.3) is 0 Å². The fourth-order valence-corrected chi connectivity index (χ4v) is 2.19. The summed E-state index contributed by atoms with van der Waals surface area (Å²) in [5.74, 6) is -1.53. The molecular weight excluding hydrogens is 223 g/mol. The number of aliphatic hydroxyl groups is 2. The highest BCUT2D eigenvalue weighted by Gasteiger charge is 2.43. The number of hydrogen-bond donors (Lipinski definition) is 2. The second-order valence-electron chi connectivity index (χ2n) is 4.32. The summed E-state index contributed by atoms with van der Waals surface area (Å²) in [6, 6.07) is 4.02. The first kappa shape index (κ1) is 12.0. The normalized spacial score (nSPS) is 27.8. The van der Waals surface area contributed by atoms with Gasteiger partial charge >= 0.3 is 0 Å². The summed E-state index contributed by atoms with van der Waals surface area (Å²) in [6.45, 7) is 1.12. The Morgan fingerprint density at radius 2 is 2.18 bits per heavy atom. The average molecular weight is 236 g/mol. The third-order valence-electron chi connectivity index (χ3n) is 3.12. The van der Waals surface area contributed by atoms with E-state index < -0.39 is 23.9 Å². The predicted molar refractivity (Wildman–Crippen MR) is 60.1 cm³/mol. The van der Waals surface area contributed by atoms with E-state index in [-0.39, 0.29) is 5.78 Å². The van der Waals surface area contributed by atoms with Crippen molar-refractivity contribution >= 4 is 5.78 Å². The number of carbonyl (C=O) groups is 1. The lowest BCUT2D eigenvalue weighted by Crippen LogP contribution is -2.38. The zero-order valence-electron chi connectivity index (χ0n) is 9.35. The number of aliphatic hydroxyl groups excluding tert-OH is 1. The van der Waals surface area contributed by atoms with E-state index in [1.807, 2.05) is 0 Å². The summed E-state index contributed by atoms with van der Waals surface area (Å²) >= 11 is 0. The Kier molecular flexibility index (Phi) is 2.85. The molecule has 2 N–H and O–H groups in total. The molecule has 0 heterocycles. The molecule has 0 spiro atoms. The van der Waals surface area contributed by atoms with Gasteiger partial charge in [0.2, 0.25) is 0 Å². The van der Waals surface area contributed by atoms with Crippen LogP contribution in [0.2, 0.25) is 0 Å². The lowest BCUT2D eigenvalue weighted by Gasteiger charge is -2.27. The minimum Gasteiger partial charge on any atom is -0.393 e. The Morgan fingerprint density at radius 1 is 1.47 bits per heavy atom. The molecule has 1 aliphatic rings. The zero-order valence-corrected chi connectivity index (χ0v) is 9.35. The van der Waals surface area contributed by atoms with Gasteiger partial charge in [-0.3, -0.25) is 4.79 Å². The molecule has 0 saturated heterocycles. The maximum absolute atomic E-state index is 13.0. The second kappa shape index (κ2) is 4.05. The third kappa shape index (κ3) is 1.90. The lowest BCUT2D eigenvalue weighted by molar-refractivity contribution is -0.119. The van der Waals surface area contributed by atoms with Crippen LogP contribution in [0, 0.1) is 12.7 Å². The van der Waals surface area contributed by atoms with Crippen molar-refractivity contribution < 1.29 is 19.4 Å². The summed E-state index contributed by atoms with van der Waals surface area (Å²) < 4.78 is 13.0. The van der Waals surface area contributed by atoms with Gasteiger partial charge in [-0.2, -0.15) is 0 Å². The fraction of sp³-hybridized carbons (Fsp3) is 0.308. The van der Waals surface area contributed by atoms with E-state index in [4.69, 9.17) is 0 Å². The van der Waals surface area contributed by atoms with Crippen LogP contribution >= 0.6 is 0 Å². The highest BCUT2D eigenvalue weighted by molar-refractivity contribution is 6.00. The van der Waals surface area contributed by atoms with Crippen LogP contribution < -0.4 is 0 Å². The largest absolute Gasteiger partial charge is 0.393 e. The van der Waals surface area contributed by atoms with Crippen molar-refractivity contribution in [3.8, 4) is 0 Å². The summed E-state index contributed by atoms with van der Waals surface area (Å²) in [4.78, 5) is 11.7. The molecule has 17 heavy (non-hydrogen) atoms. The second-order valence-corrected chi connectivity index (χ2v) is 4.32. The standard InChI is InChI=1S/C13H13FO3/c1-8-6-9(14)2-3-10(8)12-11(16)4-5-13(12,17)7-15/h2-6,12,15,17H,7H2,1H3/t12-,13+/m0/s1. The molecule has 90 valence electrons. The first-order valence-electron chi connectivity index (χ1n) is 5.30. The molecule has 0 fully saturated rings. The van der Waals surface area contributed by atoms with Crippen molar-refractivity contribution in [2.45, 2.75) is 18.4 Å². The topological polar surface area (TPSA) is 57.5 Å². The molecule has 0 aliphatic heterocycles. The lowest BCUT2D eigenvalue weighted by atomic mass is 9.82. The number of carbonyl (C=O) groups excluding carboxylic acids is 1. The molecule has 3 nitrogen and oxygen atoms in total. The van der Waals surface area contributed by atoms with Crippen molar-refractivity contribution in [3.63, 3.8) is 0 Å². The average Bonchev–Trinajstić information content (AvgIpc) is 2.57. The smallest absolute Gasteiger partial charge is 0.166 e. The van der Waals surface area contributed by atoms with Gasteiger partial charge in [0.1, 0.15) is 11.4 Å². The minimum atomic E-state index is -1.58. The quantitative estimate of drug-likeness (QED) is 0.807. The van der Waals surface area contributed by atoms with E-state index in [2.05, 4.69) is 0 Å². The molecule has 0 amide bonds. The third-order valence-corrected chi connectivity index (χ3v) is 3.12. The van der Waals surface area contributed by atoms with Crippen LogP contribution in [0.3, 0.4) is 0 Å². The Labute approximate surface area is 98.2 Å². The van der Waals surface area contributed by atoms with Crippen LogP contribution in [0.1, 0.15) is 17.0 Å². The van der Waals surface area contributed by atoms with Crippen molar-refractivity contribution in [2.75, 3.05) is 6.61 Å². The van der Waals surface area contributed by atoms with Crippen LogP contribution in [0.25, 0.3) is 0 Å². The molecular formula is C13H13FO3. The minimum absolute atomic E-state index is 0.281. The van der Waals surface area contributed by atoms with Crippen molar-refractivity contribution in [3.05, 3.63) is 47.3 Å². The fourth-order valence-electron chi connectivity index (χ4n) is 2.19. The monoisotopic (exact) mass is 236 g/mol. The van der Waals surface area contributed by atoms with Crippen molar-refractivity contribution in [1.29, 1.82) is 0 Å². The van der Waals surface area contributed by atoms with Crippen LogP contribution in [-0.2, 0) is 4.79 Å². The van der Waals surface area contributed by atoms with E-state index in [1.54, 1.807) is 6.92 Å². The van der Waals surface area contributed by atoms with Gasteiger partial charge in [0.15, 0.2) is 5.78 Å². The first-order chi connectivity index (χ1) is 7.98. The maximum atomic E-state index is 13.0. The molecule has 1 aromatic carbocycles. The summed E-state index contributed by atoms with van der Waals surface area (Å²) in [6.07, 6.45) is 2.55. The molecule has 2 rings (SSSR count).